The number of ketones is 1. The summed E-state index contributed by atoms with van der Waals surface area (Å²) < 4.78 is 45.0. The van der Waals surface area contributed by atoms with E-state index in [2.05, 4.69) is 0 Å². The molecule has 0 amide bonds. The van der Waals surface area contributed by atoms with Gasteiger partial charge >= 0.3 is 5.97 Å². The van der Waals surface area contributed by atoms with Crippen molar-refractivity contribution >= 4 is 27.9 Å². The molecule has 0 spiro atoms. The van der Waals surface area contributed by atoms with Crippen molar-refractivity contribution in [1.29, 1.82) is 0 Å². The Hall–Kier alpha value is -3.89. The van der Waals surface area contributed by atoms with Gasteiger partial charge in [0.1, 0.15) is 13.2 Å². The van der Waals surface area contributed by atoms with Gasteiger partial charge in [-0.05, 0) is 55.8 Å². The third kappa shape index (κ3) is 6.07. The highest BCUT2D eigenvalue weighted by molar-refractivity contribution is 7.89. The van der Waals surface area contributed by atoms with Crippen molar-refractivity contribution in [2.45, 2.75) is 32.6 Å². The van der Waals surface area contributed by atoms with Crippen LogP contribution >= 0.6 is 0 Å². The van der Waals surface area contributed by atoms with Gasteiger partial charge in [0.2, 0.25) is 15.8 Å². The molecule has 1 aliphatic rings. The van der Waals surface area contributed by atoms with E-state index in [-0.39, 0.29) is 10.7 Å². The number of sulfonamides is 1. The lowest BCUT2D eigenvalue weighted by molar-refractivity contribution is -0.136. The monoisotopic (exact) mass is 552 g/mol. The van der Waals surface area contributed by atoms with Gasteiger partial charge in [0, 0.05) is 47.9 Å². The highest BCUT2D eigenvalue weighted by Gasteiger charge is 2.22. The number of nitrogens with zero attached hydrogens (tertiary/aromatic N) is 2. The Balaban J connectivity index is 1.39. The highest BCUT2D eigenvalue weighted by Crippen LogP contribution is 2.33. The standard InChI is InChI=1S/C29H32N2O7S/c1-5-30(6-2)39(34,35)24-11-7-22(8-12-24)9-14-29(33)38-19-26(32)25-17-20(3)31(21(25)4)23-10-13-27-28(18-23)37-16-15-36-27/h7-14,17-18H,5-6,15-16,19H2,1-4H3/b14-9+. The Kier molecular flexibility index (Phi) is 8.57. The third-order valence-electron chi connectivity index (χ3n) is 6.50. The number of aromatic nitrogens is 1. The van der Waals surface area contributed by atoms with E-state index in [1.165, 1.54) is 28.6 Å². The molecule has 0 radical (unpaired) electrons. The van der Waals surface area contributed by atoms with Crippen LogP contribution in [0.1, 0.15) is 41.2 Å². The normalized spacial score (nSPS) is 13.2. The summed E-state index contributed by atoms with van der Waals surface area (Å²) in [5.74, 6) is 0.341. The van der Waals surface area contributed by atoms with Crippen molar-refractivity contribution in [3.05, 3.63) is 77.1 Å². The second kappa shape index (κ2) is 11.9. The van der Waals surface area contributed by atoms with Gasteiger partial charge in [-0.25, -0.2) is 13.2 Å². The average molecular weight is 553 g/mol. The van der Waals surface area contributed by atoms with Crippen LogP contribution in [0.3, 0.4) is 0 Å². The molecule has 0 saturated carbocycles. The van der Waals surface area contributed by atoms with E-state index < -0.39 is 22.6 Å². The minimum atomic E-state index is -3.55. The van der Waals surface area contributed by atoms with Crippen LogP contribution < -0.4 is 9.47 Å². The zero-order valence-electron chi connectivity index (χ0n) is 22.5. The molecule has 1 aliphatic heterocycles. The minimum absolute atomic E-state index is 0.186. The van der Waals surface area contributed by atoms with Gasteiger partial charge in [-0.1, -0.05) is 26.0 Å². The van der Waals surface area contributed by atoms with Gasteiger partial charge in [-0.15, -0.1) is 0 Å². The Morgan fingerprint density at radius 2 is 1.64 bits per heavy atom. The van der Waals surface area contributed by atoms with Crippen LogP contribution in [0.4, 0.5) is 0 Å². The molecule has 0 bridgehead atoms. The average Bonchev–Trinajstić information content (AvgIpc) is 3.24. The molecule has 206 valence electrons. The van der Waals surface area contributed by atoms with Gasteiger partial charge in [0.15, 0.2) is 18.1 Å². The molecule has 0 saturated heterocycles. The van der Waals surface area contributed by atoms with Gasteiger partial charge < -0.3 is 18.8 Å². The molecule has 0 fully saturated rings. The topological polar surface area (TPSA) is 104 Å². The van der Waals surface area contributed by atoms with E-state index in [0.29, 0.717) is 48.9 Å². The maximum absolute atomic E-state index is 12.9. The van der Waals surface area contributed by atoms with Crippen molar-refractivity contribution < 1.29 is 32.2 Å². The number of carbonyl (C=O) groups excluding carboxylic acids is 2. The van der Waals surface area contributed by atoms with E-state index in [0.717, 1.165) is 17.1 Å². The molecule has 1 aromatic heterocycles. The predicted molar refractivity (Wildman–Crippen MR) is 147 cm³/mol. The molecule has 2 heterocycles. The van der Waals surface area contributed by atoms with Crippen LogP contribution in [0.5, 0.6) is 11.5 Å². The number of esters is 1. The fraction of sp³-hybridized carbons (Fsp3) is 0.310. The van der Waals surface area contributed by atoms with E-state index in [1.54, 1.807) is 32.0 Å². The molecule has 4 rings (SSSR count). The first-order valence-electron chi connectivity index (χ1n) is 12.7. The highest BCUT2D eigenvalue weighted by atomic mass is 32.2. The summed E-state index contributed by atoms with van der Waals surface area (Å²) in [5, 5.41) is 0. The zero-order chi connectivity index (χ0) is 28.2. The van der Waals surface area contributed by atoms with Crippen LogP contribution in [0.15, 0.2) is 59.5 Å². The lowest BCUT2D eigenvalue weighted by Gasteiger charge is -2.20. The first-order valence-corrected chi connectivity index (χ1v) is 14.2. The number of aryl methyl sites for hydroxylation is 1. The maximum atomic E-state index is 12.9. The van der Waals surface area contributed by atoms with Crippen LogP contribution in [-0.2, 0) is 19.6 Å². The Morgan fingerprint density at radius 3 is 2.31 bits per heavy atom. The fourth-order valence-electron chi connectivity index (χ4n) is 4.50. The zero-order valence-corrected chi connectivity index (χ0v) is 23.3. The second-order valence-corrected chi connectivity index (χ2v) is 10.9. The molecule has 0 N–H and O–H groups in total. The lowest BCUT2D eigenvalue weighted by Crippen LogP contribution is -2.30. The molecule has 39 heavy (non-hydrogen) atoms. The van der Waals surface area contributed by atoms with Crippen LogP contribution in [0.25, 0.3) is 11.8 Å². The summed E-state index contributed by atoms with van der Waals surface area (Å²) in [5.41, 5.74) is 3.50. The van der Waals surface area contributed by atoms with Crippen LogP contribution in [-0.4, -0.2) is 62.0 Å². The molecule has 9 nitrogen and oxygen atoms in total. The molecular formula is C29H32N2O7S. The molecular weight excluding hydrogens is 520 g/mol. The summed E-state index contributed by atoms with van der Waals surface area (Å²) in [6.07, 6.45) is 2.72. The van der Waals surface area contributed by atoms with Crippen molar-refractivity contribution in [3.8, 4) is 17.2 Å². The van der Waals surface area contributed by atoms with Gasteiger partial charge in [-0.3, -0.25) is 4.79 Å². The first kappa shape index (κ1) is 28.1. The number of hydrogen-bond acceptors (Lipinski definition) is 7. The summed E-state index contributed by atoms with van der Waals surface area (Å²) in [7, 11) is -3.55. The minimum Gasteiger partial charge on any atom is -0.486 e. The molecule has 3 aromatic rings. The lowest BCUT2D eigenvalue weighted by atomic mass is 10.1. The van der Waals surface area contributed by atoms with E-state index in [9.17, 15) is 18.0 Å². The Bertz CT molecular complexity index is 1500. The fourth-order valence-corrected chi connectivity index (χ4v) is 5.96. The summed E-state index contributed by atoms with van der Waals surface area (Å²) in [4.78, 5) is 25.3. The SMILES string of the molecule is CCN(CC)S(=O)(=O)c1ccc(/C=C/C(=O)OCC(=O)c2cc(C)n(-c3ccc4c(c3)OCCO4)c2C)cc1. The molecule has 0 unspecified atom stereocenters. The molecule has 0 aliphatic carbocycles. The smallest absolute Gasteiger partial charge is 0.331 e. The van der Waals surface area contributed by atoms with Crippen molar-refractivity contribution in [2.75, 3.05) is 32.9 Å². The molecule has 10 heteroatoms. The van der Waals surface area contributed by atoms with Gasteiger partial charge in [0.25, 0.3) is 0 Å². The van der Waals surface area contributed by atoms with Crippen molar-refractivity contribution in [1.82, 2.24) is 8.87 Å². The van der Waals surface area contributed by atoms with E-state index in [4.69, 9.17) is 14.2 Å². The van der Waals surface area contributed by atoms with Gasteiger partial charge in [0.05, 0.1) is 4.90 Å². The Morgan fingerprint density at radius 1 is 0.974 bits per heavy atom. The molecule has 2 aromatic carbocycles. The first-order chi connectivity index (χ1) is 18.6. The predicted octanol–water partition coefficient (Wildman–Crippen LogP) is 4.34. The number of benzene rings is 2. The van der Waals surface area contributed by atoms with Crippen LogP contribution in [0, 0.1) is 13.8 Å². The second-order valence-electron chi connectivity index (χ2n) is 8.97. The quantitative estimate of drug-likeness (QED) is 0.209. The van der Waals surface area contributed by atoms with Crippen molar-refractivity contribution in [3.63, 3.8) is 0 Å². The largest absolute Gasteiger partial charge is 0.486 e. The third-order valence-corrected chi connectivity index (χ3v) is 8.56. The molecule has 0 atom stereocenters. The van der Waals surface area contributed by atoms with E-state index in [1.807, 2.05) is 36.6 Å². The number of ether oxygens (including phenoxy) is 3. The number of fused-ring (bicyclic) bond motifs is 1. The number of carbonyl (C=O) groups is 2. The maximum Gasteiger partial charge on any atom is 0.331 e. The number of rotatable bonds is 10. The van der Waals surface area contributed by atoms with Crippen molar-refractivity contribution in [2.24, 2.45) is 0 Å². The van der Waals surface area contributed by atoms with Gasteiger partial charge in [-0.2, -0.15) is 4.31 Å². The Labute approximate surface area is 228 Å². The summed E-state index contributed by atoms with van der Waals surface area (Å²) >= 11 is 0. The number of hydrogen-bond donors (Lipinski definition) is 0. The van der Waals surface area contributed by atoms with Crippen LogP contribution in [0.2, 0.25) is 0 Å². The number of Topliss-reactive ketones (excluding diaryl/α,β-unsaturated/α-hetero) is 1. The summed E-state index contributed by atoms with van der Waals surface area (Å²) in [6.45, 7) is 8.65. The summed E-state index contributed by atoms with van der Waals surface area (Å²) in [6, 6.07) is 13.6. The van der Waals surface area contributed by atoms with E-state index >= 15 is 0 Å².